The van der Waals surface area contributed by atoms with Gasteiger partial charge in [-0.25, -0.2) is 0 Å². The Bertz CT molecular complexity index is 560. The second-order valence-corrected chi connectivity index (χ2v) is 7.12. The lowest BCUT2D eigenvalue weighted by Crippen LogP contribution is -2.57. The van der Waals surface area contributed by atoms with Crippen molar-refractivity contribution in [1.29, 1.82) is 0 Å². The molecule has 0 saturated carbocycles. The number of piperazine rings is 1. The van der Waals surface area contributed by atoms with Crippen LogP contribution in [0.5, 0.6) is 5.75 Å². The van der Waals surface area contributed by atoms with E-state index in [0.29, 0.717) is 19.7 Å². The van der Waals surface area contributed by atoms with Crippen LogP contribution in [0.25, 0.3) is 0 Å². The molecule has 2 rings (SSSR count). The van der Waals surface area contributed by atoms with E-state index in [1.54, 1.807) is 13.8 Å². The Morgan fingerprint density at radius 3 is 2.19 bits per heavy atom. The zero-order valence-corrected chi connectivity index (χ0v) is 19.0. The van der Waals surface area contributed by atoms with Gasteiger partial charge in [-0.3, -0.25) is 4.79 Å². The number of nitrogens with zero attached hydrogens (tertiary/aromatic N) is 3. The summed E-state index contributed by atoms with van der Waals surface area (Å²) in [4.78, 5) is 18.5. The second-order valence-electron chi connectivity index (χ2n) is 7.12. The maximum Gasteiger partial charge on any atom is 0.242 e. The third kappa shape index (κ3) is 8.32. The Balaban J connectivity index is 0. The van der Waals surface area contributed by atoms with Crippen LogP contribution in [0.15, 0.2) is 24.3 Å². The first-order valence-corrected chi connectivity index (χ1v) is 8.49. The molecule has 0 spiro atoms. The van der Waals surface area contributed by atoms with Gasteiger partial charge in [0.2, 0.25) is 5.91 Å². The average Bonchev–Trinajstić information content (AvgIpc) is 2.54. The Morgan fingerprint density at radius 1 is 1.11 bits per heavy atom. The summed E-state index contributed by atoms with van der Waals surface area (Å²) in [6.07, 6.45) is 0. The molecule has 1 heterocycles. The van der Waals surface area contributed by atoms with Crippen molar-refractivity contribution >= 4 is 48.8 Å². The van der Waals surface area contributed by atoms with Crippen LogP contribution >= 0.6 is 37.2 Å². The first-order valence-electron chi connectivity index (χ1n) is 8.49. The number of para-hydroxylation sites is 2. The molecule has 1 aliphatic heterocycles. The summed E-state index contributed by atoms with van der Waals surface area (Å²) in [6.45, 7) is 8.00. The molecule has 1 aromatic carbocycles. The van der Waals surface area contributed by atoms with E-state index in [1.165, 1.54) is 0 Å². The Kier molecular flexibility index (Phi) is 13.1. The monoisotopic (exact) mass is 442 g/mol. The van der Waals surface area contributed by atoms with Crippen LogP contribution in [0, 0.1) is 0 Å². The van der Waals surface area contributed by atoms with Crippen molar-refractivity contribution < 1.29 is 9.53 Å². The molecule has 9 heteroatoms. The van der Waals surface area contributed by atoms with E-state index in [2.05, 4.69) is 15.9 Å². The molecular formula is C18H33Cl3N4O2. The number of nitrogens with two attached hydrogens (primary N) is 1. The second kappa shape index (κ2) is 12.5. The number of amides is 1. The number of benzene rings is 1. The fraction of sp³-hybridized carbons (Fsp3) is 0.611. The van der Waals surface area contributed by atoms with Gasteiger partial charge in [0.05, 0.1) is 11.2 Å². The molecule has 6 nitrogen and oxygen atoms in total. The van der Waals surface area contributed by atoms with Gasteiger partial charge in [0.15, 0.2) is 0 Å². The summed E-state index contributed by atoms with van der Waals surface area (Å²) < 4.78 is 5.95. The third-order valence-electron chi connectivity index (χ3n) is 4.12. The van der Waals surface area contributed by atoms with Gasteiger partial charge in [-0.05, 0) is 40.1 Å². The summed E-state index contributed by atoms with van der Waals surface area (Å²) in [5.41, 5.74) is 6.21. The smallest absolute Gasteiger partial charge is 0.242 e. The molecule has 0 aliphatic carbocycles. The first-order chi connectivity index (χ1) is 11.3. The predicted molar refractivity (Wildman–Crippen MR) is 119 cm³/mol. The number of carbonyl (C=O) groups is 1. The highest BCUT2D eigenvalue weighted by Crippen LogP contribution is 2.29. The van der Waals surface area contributed by atoms with Crippen LogP contribution in [0.2, 0.25) is 0 Å². The highest BCUT2D eigenvalue weighted by atomic mass is 35.5. The van der Waals surface area contributed by atoms with Gasteiger partial charge < -0.3 is 25.2 Å². The summed E-state index contributed by atoms with van der Waals surface area (Å²) in [7, 11) is 4.06. The van der Waals surface area contributed by atoms with Gasteiger partial charge in [0.25, 0.3) is 0 Å². The summed E-state index contributed by atoms with van der Waals surface area (Å²) in [5, 5.41) is 0. The van der Waals surface area contributed by atoms with E-state index in [-0.39, 0.29) is 43.1 Å². The Hall–Kier alpha value is -0.920. The zero-order valence-electron chi connectivity index (χ0n) is 16.5. The largest absolute Gasteiger partial charge is 0.490 e. The van der Waals surface area contributed by atoms with Crippen molar-refractivity contribution in [3.8, 4) is 5.75 Å². The van der Waals surface area contributed by atoms with Crippen molar-refractivity contribution in [3.63, 3.8) is 0 Å². The van der Waals surface area contributed by atoms with Crippen molar-refractivity contribution in [2.75, 3.05) is 58.3 Å². The number of ether oxygens (including phenoxy) is 1. The standard InChI is InChI=1S/C18H30N4O2.3ClH/c1-18(2,19)17(23)22-11-9-21(10-12-22)15-7-5-6-8-16(15)24-14-13-20(3)4;;;/h5-8H,9-14,19H2,1-4H3;3*1H. The quantitative estimate of drug-likeness (QED) is 0.731. The number of hydrogen-bond acceptors (Lipinski definition) is 5. The molecule has 1 fully saturated rings. The Morgan fingerprint density at radius 2 is 1.67 bits per heavy atom. The van der Waals surface area contributed by atoms with E-state index in [9.17, 15) is 4.79 Å². The maximum atomic E-state index is 12.3. The van der Waals surface area contributed by atoms with Crippen molar-refractivity contribution in [3.05, 3.63) is 24.3 Å². The molecule has 1 saturated heterocycles. The van der Waals surface area contributed by atoms with E-state index in [0.717, 1.165) is 31.1 Å². The molecule has 2 N–H and O–H groups in total. The normalized spacial score (nSPS) is 14.0. The highest BCUT2D eigenvalue weighted by Gasteiger charge is 2.30. The molecule has 0 unspecified atom stereocenters. The van der Waals surface area contributed by atoms with Gasteiger partial charge >= 0.3 is 0 Å². The Labute approximate surface area is 181 Å². The van der Waals surface area contributed by atoms with Crippen molar-refractivity contribution in [1.82, 2.24) is 9.80 Å². The van der Waals surface area contributed by atoms with E-state index >= 15 is 0 Å². The SMILES string of the molecule is CN(C)CCOc1ccccc1N1CCN(C(=O)C(C)(C)N)CC1.Cl.Cl.Cl. The molecule has 0 aromatic heterocycles. The molecule has 158 valence electrons. The fourth-order valence-electron chi connectivity index (χ4n) is 2.74. The topological polar surface area (TPSA) is 62.0 Å². The minimum absolute atomic E-state index is 0. The molecule has 1 aromatic rings. The lowest BCUT2D eigenvalue weighted by Gasteiger charge is -2.39. The number of hydrogen-bond donors (Lipinski definition) is 1. The van der Waals surface area contributed by atoms with Gasteiger partial charge in [0.1, 0.15) is 12.4 Å². The summed E-state index contributed by atoms with van der Waals surface area (Å²) in [5.74, 6) is 0.913. The summed E-state index contributed by atoms with van der Waals surface area (Å²) in [6, 6.07) is 8.10. The molecule has 27 heavy (non-hydrogen) atoms. The van der Waals surface area contributed by atoms with Crippen molar-refractivity contribution in [2.24, 2.45) is 5.73 Å². The van der Waals surface area contributed by atoms with Crippen LogP contribution in [-0.2, 0) is 4.79 Å². The zero-order chi connectivity index (χ0) is 17.7. The predicted octanol–water partition coefficient (Wildman–Crippen LogP) is 2.28. The number of halogens is 3. The van der Waals surface area contributed by atoms with Crippen LogP contribution < -0.4 is 15.4 Å². The van der Waals surface area contributed by atoms with Gasteiger partial charge in [-0.15, -0.1) is 37.2 Å². The molecule has 0 radical (unpaired) electrons. The number of carbonyl (C=O) groups excluding carboxylic acids is 1. The van der Waals surface area contributed by atoms with Crippen LogP contribution in [0.3, 0.4) is 0 Å². The highest BCUT2D eigenvalue weighted by molar-refractivity contribution is 5.86. The van der Waals surface area contributed by atoms with Crippen LogP contribution in [0.1, 0.15) is 13.8 Å². The van der Waals surface area contributed by atoms with Crippen molar-refractivity contribution in [2.45, 2.75) is 19.4 Å². The number of likely N-dealkylation sites (N-methyl/N-ethyl adjacent to an activating group) is 1. The number of rotatable bonds is 6. The third-order valence-corrected chi connectivity index (χ3v) is 4.12. The number of anilines is 1. The lowest BCUT2D eigenvalue weighted by molar-refractivity contribution is -0.136. The van der Waals surface area contributed by atoms with E-state index in [1.807, 2.05) is 37.2 Å². The van der Waals surface area contributed by atoms with Crippen LogP contribution in [0.4, 0.5) is 5.69 Å². The summed E-state index contributed by atoms with van der Waals surface area (Å²) >= 11 is 0. The maximum absolute atomic E-state index is 12.3. The minimum Gasteiger partial charge on any atom is -0.490 e. The van der Waals surface area contributed by atoms with E-state index < -0.39 is 5.54 Å². The lowest BCUT2D eigenvalue weighted by atomic mass is 10.0. The van der Waals surface area contributed by atoms with Gasteiger partial charge in [0, 0.05) is 32.7 Å². The molecule has 1 aliphatic rings. The molecule has 0 atom stereocenters. The van der Waals surface area contributed by atoms with Gasteiger partial charge in [-0.1, -0.05) is 12.1 Å². The average molecular weight is 444 g/mol. The molecular weight excluding hydrogens is 411 g/mol. The molecule has 0 bridgehead atoms. The first kappa shape index (κ1) is 28.3. The van der Waals surface area contributed by atoms with Crippen LogP contribution in [-0.4, -0.2) is 74.7 Å². The van der Waals surface area contributed by atoms with Gasteiger partial charge in [-0.2, -0.15) is 0 Å². The molecule has 1 amide bonds. The fourth-order valence-corrected chi connectivity index (χ4v) is 2.74. The van der Waals surface area contributed by atoms with E-state index in [4.69, 9.17) is 10.5 Å². The minimum atomic E-state index is -0.810.